The molecule has 29 heavy (non-hydrogen) atoms. The zero-order valence-electron chi connectivity index (χ0n) is 14.9. The third-order valence-electron chi connectivity index (χ3n) is 3.95. The van der Waals surface area contributed by atoms with Gasteiger partial charge in [0.25, 0.3) is 5.95 Å². The summed E-state index contributed by atoms with van der Waals surface area (Å²) in [6.07, 6.45) is 5.89. The van der Waals surface area contributed by atoms with Crippen LogP contribution in [-0.4, -0.2) is 41.3 Å². The van der Waals surface area contributed by atoms with Gasteiger partial charge in [0.2, 0.25) is 0 Å². The van der Waals surface area contributed by atoms with Crippen LogP contribution in [0.2, 0.25) is 5.02 Å². The van der Waals surface area contributed by atoms with E-state index < -0.39 is 12.7 Å². The lowest BCUT2D eigenvalue weighted by molar-refractivity contribution is -0.0497. The van der Waals surface area contributed by atoms with Crippen molar-refractivity contribution in [1.29, 1.82) is 0 Å². The first-order chi connectivity index (χ1) is 14.0. The minimum Gasteiger partial charge on any atom is -0.435 e. The summed E-state index contributed by atoms with van der Waals surface area (Å²) in [7, 11) is 0. The van der Waals surface area contributed by atoms with Crippen LogP contribution >= 0.6 is 11.6 Å². The van der Waals surface area contributed by atoms with Crippen molar-refractivity contribution in [2.75, 3.05) is 5.32 Å². The maximum Gasteiger partial charge on any atom is 0.387 e. The number of nitrogens with zero attached hydrogens (tertiary/aromatic N) is 7. The fraction of sp³-hybridized carbons (Fsp3) is 0.176. The average molecular weight is 419 g/mol. The van der Waals surface area contributed by atoms with Crippen LogP contribution in [0.1, 0.15) is 18.8 Å². The normalized spacial score (nSPS) is 12.3. The predicted molar refractivity (Wildman–Crippen MR) is 100 cm³/mol. The Hall–Kier alpha value is -3.47. The van der Waals surface area contributed by atoms with Crippen LogP contribution in [0.25, 0.3) is 16.9 Å². The molecular formula is C17H13ClF2N8O. The van der Waals surface area contributed by atoms with Crippen molar-refractivity contribution in [3.63, 3.8) is 0 Å². The van der Waals surface area contributed by atoms with Crippen LogP contribution < -0.4 is 10.1 Å². The number of ether oxygens (including phenoxy) is 1. The molecule has 0 fully saturated rings. The summed E-state index contributed by atoms with van der Waals surface area (Å²) in [5, 5.41) is 7.91. The highest BCUT2D eigenvalue weighted by Gasteiger charge is 2.19. The Morgan fingerprint density at radius 3 is 2.62 bits per heavy atom. The molecule has 12 heteroatoms. The molecule has 0 aliphatic rings. The molecule has 1 N–H and O–H groups in total. The van der Waals surface area contributed by atoms with Crippen molar-refractivity contribution >= 4 is 28.3 Å². The number of benzene rings is 1. The molecule has 0 spiro atoms. The lowest BCUT2D eigenvalue weighted by atomic mass is 10.2. The summed E-state index contributed by atoms with van der Waals surface area (Å²) in [5.41, 5.74) is 0.394. The van der Waals surface area contributed by atoms with E-state index in [9.17, 15) is 8.78 Å². The second-order valence-corrected chi connectivity index (χ2v) is 6.25. The smallest absolute Gasteiger partial charge is 0.387 e. The van der Waals surface area contributed by atoms with Gasteiger partial charge in [0, 0.05) is 23.8 Å². The summed E-state index contributed by atoms with van der Waals surface area (Å²) in [6.45, 7) is -1.15. The molecule has 0 saturated heterocycles. The summed E-state index contributed by atoms with van der Waals surface area (Å²) in [4.78, 5) is 20.9. The van der Waals surface area contributed by atoms with E-state index in [-0.39, 0.29) is 10.8 Å². The number of alkyl halides is 2. The molecule has 0 aliphatic heterocycles. The largest absolute Gasteiger partial charge is 0.435 e. The number of halogens is 3. The van der Waals surface area contributed by atoms with Gasteiger partial charge in [0.1, 0.15) is 24.2 Å². The summed E-state index contributed by atoms with van der Waals surface area (Å²) in [5.74, 6) is 1.16. The quantitative estimate of drug-likeness (QED) is 0.508. The number of hydrogen-bond acceptors (Lipinski definition) is 8. The summed E-state index contributed by atoms with van der Waals surface area (Å²) in [6, 6.07) is 3.97. The minimum absolute atomic E-state index is 0.0937. The van der Waals surface area contributed by atoms with Crippen LogP contribution in [0.3, 0.4) is 0 Å². The van der Waals surface area contributed by atoms with Gasteiger partial charge in [0.05, 0.1) is 16.6 Å². The van der Waals surface area contributed by atoms with Gasteiger partial charge in [-0.3, -0.25) is 0 Å². The number of hydrogen-bond donors (Lipinski definition) is 1. The summed E-state index contributed by atoms with van der Waals surface area (Å²) >= 11 is 6.17. The average Bonchev–Trinajstić information content (AvgIpc) is 3.19. The number of fused-ring (bicyclic) bond motifs is 1. The Balaban J connectivity index is 1.70. The van der Waals surface area contributed by atoms with Gasteiger partial charge in [-0.25, -0.2) is 24.9 Å². The Bertz CT molecular complexity index is 1140. The van der Waals surface area contributed by atoms with Crippen LogP contribution in [0.15, 0.2) is 43.2 Å². The maximum absolute atomic E-state index is 12.6. The van der Waals surface area contributed by atoms with Crippen LogP contribution in [-0.2, 0) is 0 Å². The third kappa shape index (κ3) is 3.90. The highest BCUT2D eigenvalue weighted by atomic mass is 35.5. The Labute approximate surface area is 167 Å². The first kappa shape index (κ1) is 18.9. The van der Waals surface area contributed by atoms with Gasteiger partial charge in [0.15, 0.2) is 5.82 Å². The van der Waals surface area contributed by atoms with Crippen molar-refractivity contribution in [1.82, 2.24) is 34.7 Å². The molecule has 0 saturated carbocycles. The molecule has 0 unspecified atom stereocenters. The Morgan fingerprint density at radius 1 is 1.07 bits per heavy atom. The fourth-order valence-electron chi connectivity index (χ4n) is 2.76. The molecule has 0 bridgehead atoms. The van der Waals surface area contributed by atoms with Gasteiger partial charge in [-0.1, -0.05) is 11.6 Å². The second-order valence-electron chi connectivity index (χ2n) is 5.85. The fourth-order valence-corrected chi connectivity index (χ4v) is 3.01. The maximum atomic E-state index is 12.6. The zero-order chi connectivity index (χ0) is 20.4. The van der Waals surface area contributed by atoms with Crippen LogP contribution in [0, 0.1) is 0 Å². The number of aromatic nitrogens is 7. The van der Waals surface area contributed by atoms with Crippen molar-refractivity contribution in [3.8, 4) is 11.7 Å². The lowest BCUT2D eigenvalue weighted by Crippen LogP contribution is -2.16. The minimum atomic E-state index is -2.98. The molecule has 0 aliphatic carbocycles. The number of nitrogens with one attached hydrogen (secondary N) is 1. The van der Waals surface area contributed by atoms with E-state index in [4.69, 9.17) is 11.6 Å². The molecule has 148 valence electrons. The van der Waals surface area contributed by atoms with Crippen LogP contribution in [0.4, 0.5) is 14.6 Å². The second kappa shape index (κ2) is 7.87. The van der Waals surface area contributed by atoms with E-state index in [2.05, 4.69) is 40.1 Å². The third-order valence-corrected chi connectivity index (χ3v) is 4.24. The standard InChI is InChI=1S/C17H13ClF2N8O/c1-9(15-25-8-26-28(15)17-21-3-2-4-22-17)27-14-11-5-10(29-16(19)20)6-12(18)13(11)23-7-24-14/h2-9,16H,1H3,(H,23,24,27)/t9-/m0/s1. The van der Waals surface area contributed by atoms with E-state index >= 15 is 0 Å². The van der Waals surface area contributed by atoms with E-state index in [1.165, 1.54) is 29.5 Å². The molecule has 9 nitrogen and oxygen atoms in total. The van der Waals surface area contributed by atoms with Gasteiger partial charge in [-0.15, -0.1) is 0 Å². The molecule has 0 amide bonds. The van der Waals surface area contributed by atoms with Gasteiger partial charge >= 0.3 is 6.61 Å². The first-order valence-electron chi connectivity index (χ1n) is 8.36. The van der Waals surface area contributed by atoms with Gasteiger partial charge < -0.3 is 10.1 Å². The molecule has 4 aromatic rings. The number of rotatable bonds is 6. The topological polar surface area (TPSA) is 104 Å². The molecular weight excluding hydrogens is 406 g/mol. The molecule has 1 atom stereocenters. The van der Waals surface area contributed by atoms with Crippen LogP contribution in [0.5, 0.6) is 5.75 Å². The molecule has 4 rings (SSSR count). The number of anilines is 1. The van der Waals surface area contributed by atoms with Gasteiger partial charge in [-0.05, 0) is 19.1 Å². The van der Waals surface area contributed by atoms with Crippen molar-refractivity contribution in [3.05, 3.63) is 54.1 Å². The van der Waals surface area contributed by atoms with Crippen molar-refractivity contribution < 1.29 is 13.5 Å². The van der Waals surface area contributed by atoms with Gasteiger partial charge in [-0.2, -0.15) is 18.6 Å². The van der Waals surface area contributed by atoms with Crippen molar-refractivity contribution in [2.45, 2.75) is 19.6 Å². The molecule has 3 heterocycles. The Morgan fingerprint density at radius 2 is 1.86 bits per heavy atom. The highest BCUT2D eigenvalue weighted by Crippen LogP contribution is 2.33. The monoisotopic (exact) mass is 418 g/mol. The first-order valence-corrected chi connectivity index (χ1v) is 8.73. The van der Waals surface area contributed by atoms with Crippen molar-refractivity contribution in [2.24, 2.45) is 0 Å². The molecule has 3 aromatic heterocycles. The summed E-state index contributed by atoms with van der Waals surface area (Å²) < 4.78 is 31.2. The lowest BCUT2D eigenvalue weighted by Gasteiger charge is -2.16. The highest BCUT2D eigenvalue weighted by molar-refractivity contribution is 6.35. The SMILES string of the molecule is C[C@H](Nc1ncnc2c(Cl)cc(OC(F)F)cc12)c1ncnn1-c1ncccn1. The molecule has 1 aromatic carbocycles. The van der Waals surface area contributed by atoms with E-state index in [1.54, 1.807) is 18.5 Å². The predicted octanol–water partition coefficient (Wildman–Crippen LogP) is 3.43. The zero-order valence-corrected chi connectivity index (χ0v) is 15.6. The molecule has 0 radical (unpaired) electrons. The Kier molecular flexibility index (Phi) is 5.12. The van der Waals surface area contributed by atoms with E-state index in [0.29, 0.717) is 28.5 Å². The van der Waals surface area contributed by atoms with E-state index in [0.717, 1.165) is 0 Å². The van der Waals surface area contributed by atoms with E-state index in [1.807, 2.05) is 6.92 Å².